The lowest BCUT2D eigenvalue weighted by molar-refractivity contribution is -0.697. The van der Waals surface area contributed by atoms with Gasteiger partial charge in [-0.25, -0.2) is 4.57 Å². The first-order valence-electron chi connectivity index (χ1n) is 9.83. The summed E-state index contributed by atoms with van der Waals surface area (Å²) >= 11 is 0. The van der Waals surface area contributed by atoms with Crippen LogP contribution in [0.2, 0.25) is 0 Å². The van der Waals surface area contributed by atoms with E-state index in [0.717, 1.165) is 32.5 Å². The Morgan fingerprint density at radius 3 is 2.37 bits per heavy atom. The zero-order valence-electron chi connectivity index (χ0n) is 15.9. The number of likely N-dealkylation sites (tertiary alicyclic amines) is 1. The lowest BCUT2D eigenvalue weighted by Crippen LogP contribution is -3.00. The molecule has 1 aliphatic heterocycles. The summed E-state index contributed by atoms with van der Waals surface area (Å²) in [6, 6.07) is 17.0. The number of rotatable bonds is 9. The van der Waals surface area contributed by atoms with Crippen molar-refractivity contribution in [3.63, 3.8) is 0 Å². The van der Waals surface area contributed by atoms with E-state index in [0.29, 0.717) is 19.0 Å². The van der Waals surface area contributed by atoms with Crippen LogP contribution in [0, 0.1) is 0 Å². The first-order valence-corrected chi connectivity index (χ1v) is 9.83. The standard InChI is InChI=1S/C22H29N3O.BrH/c26-22(13-5-8-16-24-14-6-2-7-15-24)23-19-21(25-17-9-10-18-25)20-11-3-1-4-12-20;/h1-4,6-7,11-12,14-15,21H,5,8-10,13,16-19H2;1H. The van der Waals surface area contributed by atoms with Crippen LogP contribution in [-0.2, 0) is 11.3 Å². The molecule has 1 saturated heterocycles. The topological polar surface area (TPSA) is 36.2 Å². The maximum absolute atomic E-state index is 12.3. The van der Waals surface area contributed by atoms with Gasteiger partial charge in [-0.05, 0) is 37.9 Å². The van der Waals surface area contributed by atoms with Crippen molar-refractivity contribution in [2.24, 2.45) is 0 Å². The molecule has 0 saturated carbocycles. The van der Waals surface area contributed by atoms with Gasteiger partial charge in [0.2, 0.25) is 5.91 Å². The molecule has 5 heteroatoms. The maximum Gasteiger partial charge on any atom is 0.220 e. The van der Waals surface area contributed by atoms with Gasteiger partial charge in [-0.1, -0.05) is 36.4 Å². The van der Waals surface area contributed by atoms with E-state index in [4.69, 9.17) is 0 Å². The van der Waals surface area contributed by atoms with Gasteiger partial charge in [-0.2, -0.15) is 0 Å². The van der Waals surface area contributed by atoms with Crippen molar-refractivity contribution in [1.82, 2.24) is 10.2 Å². The molecule has 1 fully saturated rings. The van der Waals surface area contributed by atoms with E-state index in [1.165, 1.54) is 18.4 Å². The third kappa shape index (κ3) is 7.07. The highest BCUT2D eigenvalue weighted by Crippen LogP contribution is 2.24. The van der Waals surface area contributed by atoms with E-state index in [1.54, 1.807) is 0 Å². The van der Waals surface area contributed by atoms with E-state index in [9.17, 15) is 4.79 Å². The van der Waals surface area contributed by atoms with E-state index >= 15 is 0 Å². The van der Waals surface area contributed by atoms with Gasteiger partial charge in [0.25, 0.3) is 0 Å². The molecule has 1 unspecified atom stereocenters. The summed E-state index contributed by atoms with van der Waals surface area (Å²) in [5.41, 5.74) is 1.30. The van der Waals surface area contributed by atoms with Gasteiger partial charge in [0, 0.05) is 31.5 Å². The predicted molar refractivity (Wildman–Crippen MR) is 103 cm³/mol. The van der Waals surface area contributed by atoms with Crippen molar-refractivity contribution < 1.29 is 26.3 Å². The maximum atomic E-state index is 12.3. The number of nitrogens with zero attached hydrogens (tertiary/aromatic N) is 2. The molecule has 0 radical (unpaired) electrons. The first kappa shape index (κ1) is 21.6. The van der Waals surface area contributed by atoms with Crippen LogP contribution in [0.4, 0.5) is 0 Å². The number of aryl methyl sites for hydroxylation is 1. The zero-order chi connectivity index (χ0) is 18.0. The molecule has 146 valence electrons. The molecule has 2 heterocycles. The zero-order valence-corrected chi connectivity index (χ0v) is 17.5. The van der Waals surface area contributed by atoms with Crippen LogP contribution >= 0.6 is 0 Å². The van der Waals surface area contributed by atoms with Crippen LogP contribution in [0.1, 0.15) is 43.7 Å². The van der Waals surface area contributed by atoms with Gasteiger partial charge in [0.05, 0.1) is 6.04 Å². The highest BCUT2D eigenvalue weighted by Gasteiger charge is 2.23. The van der Waals surface area contributed by atoms with E-state index < -0.39 is 0 Å². The fraction of sp³-hybridized carbons (Fsp3) is 0.455. The second-order valence-electron chi connectivity index (χ2n) is 7.04. The van der Waals surface area contributed by atoms with Crippen molar-refractivity contribution in [3.05, 3.63) is 66.5 Å². The van der Waals surface area contributed by atoms with Crippen molar-refractivity contribution >= 4 is 5.91 Å². The number of carbonyl (C=O) groups excluding carboxylic acids is 1. The van der Waals surface area contributed by atoms with E-state index in [1.807, 2.05) is 24.3 Å². The SMILES string of the molecule is O=C(CCCC[n+]1ccccc1)NCC(c1ccccc1)N1CCCC1.[Br-]. The number of aromatic nitrogens is 1. The molecule has 2 aromatic rings. The lowest BCUT2D eigenvalue weighted by atomic mass is 10.1. The first-order chi connectivity index (χ1) is 12.8. The van der Waals surface area contributed by atoms with Crippen molar-refractivity contribution in [2.45, 2.75) is 44.7 Å². The Hall–Kier alpha value is -1.72. The minimum atomic E-state index is 0. The van der Waals surface area contributed by atoms with Gasteiger partial charge in [0.1, 0.15) is 6.54 Å². The second-order valence-corrected chi connectivity index (χ2v) is 7.04. The Morgan fingerprint density at radius 2 is 1.67 bits per heavy atom. The summed E-state index contributed by atoms with van der Waals surface area (Å²) in [6.45, 7) is 3.93. The Bertz CT molecular complexity index is 660. The lowest BCUT2D eigenvalue weighted by Gasteiger charge is -2.28. The van der Waals surface area contributed by atoms with Crippen molar-refractivity contribution in [3.8, 4) is 0 Å². The Labute approximate surface area is 173 Å². The summed E-state index contributed by atoms with van der Waals surface area (Å²) in [6.07, 6.45) is 9.21. The largest absolute Gasteiger partial charge is 1.00 e. The van der Waals surface area contributed by atoms with Gasteiger partial charge < -0.3 is 22.3 Å². The monoisotopic (exact) mass is 431 g/mol. The van der Waals surface area contributed by atoms with Crippen molar-refractivity contribution in [2.75, 3.05) is 19.6 Å². The van der Waals surface area contributed by atoms with Gasteiger partial charge in [-0.15, -0.1) is 0 Å². The minimum absolute atomic E-state index is 0. The highest BCUT2D eigenvalue weighted by molar-refractivity contribution is 5.75. The molecule has 4 nitrogen and oxygen atoms in total. The number of nitrogens with one attached hydrogen (secondary N) is 1. The molecular weight excluding hydrogens is 402 g/mol. The molecule has 3 rings (SSSR count). The van der Waals surface area contributed by atoms with Crippen LogP contribution in [0.25, 0.3) is 0 Å². The van der Waals surface area contributed by atoms with Gasteiger partial charge in [-0.3, -0.25) is 9.69 Å². The quantitative estimate of drug-likeness (QED) is 0.451. The molecule has 0 spiro atoms. The highest BCUT2D eigenvalue weighted by atomic mass is 79.9. The third-order valence-electron chi connectivity index (χ3n) is 5.11. The average Bonchev–Trinajstić information content (AvgIpc) is 3.22. The molecule has 1 aromatic carbocycles. The fourth-order valence-electron chi connectivity index (χ4n) is 3.65. The fourth-order valence-corrected chi connectivity index (χ4v) is 3.65. The minimum Gasteiger partial charge on any atom is -1.00 e. The number of pyridine rings is 1. The van der Waals surface area contributed by atoms with Gasteiger partial charge >= 0.3 is 0 Å². The van der Waals surface area contributed by atoms with Crippen LogP contribution in [0.5, 0.6) is 0 Å². The molecule has 1 aliphatic rings. The molecule has 27 heavy (non-hydrogen) atoms. The Morgan fingerprint density at radius 1 is 1.00 bits per heavy atom. The average molecular weight is 432 g/mol. The molecule has 0 bridgehead atoms. The van der Waals surface area contributed by atoms with E-state index in [-0.39, 0.29) is 22.9 Å². The number of benzene rings is 1. The number of carbonyl (C=O) groups is 1. The van der Waals surface area contributed by atoms with Crippen molar-refractivity contribution in [1.29, 1.82) is 0 Å². The summed E-state index contributed by atoms with van der Waals surface area (Å²) in [5, 5.41) is 3.17. The predicted octanol–water partition coefficient (Wildman–Crippen LogP) is 0.102. The number of hydrogen-bond donors (Lipinski definition) is 1. The number of halogens is 1. The summed E-state index contributed by atoms with van der Waals surface area (Å²) in [5.74, 6) is 0.170. The van der Waals surface area contributed by atoms with Crippen LogP contribution in [0.3, 0.4) is 0 Å². The molecule has 1 atom stereocenters. The summed E-state index contributed by atoms with van der Waals surface area (Å²) < 4.78 is 2.16. The smallest absolute Gasteiger partial charge is 0.220 e. The number of hydrogen-bond acceptors (Lipinski definition) is 2. The second kappa shape index (κ2) is 11.9. The summed E-state index contributed by atoms with van der Waals surface area (Å²) in [4.78, 5) is 14.8. The Balaban J connectivity index is 0.00000261. The molecular formula is C22H30BrN3O. The molecule has 1 amide bonds. The molecule has 1 N–H and O–H groups in total. The van der Waals surface area contributed by atoms with Crippen LogP contribution < -0.4 is 26.9 Å². The summed E-state index contributed by atoms with van der Waals surface area (Å²) in [7, 11) is 0. The van der Waals surface area contributed by atoms with Crippen LogP contribution in [0.15, 0.2) is 60.9 Å². The van der Waals surface area contributed by atoms with Crippen LogP contribution in [-0.4, -0.2) is 30.4 Å². The third-order valence-corrected chi connectivity index (χ3v) is 5.11. The molecule has 0 aliphatic carbocycles. The van der Waals surface area contributed by atoms with Gasteiger partial charge in [0.15, 0.2) is 12.4 Å². The normalized spacial score (nSPS) is 15.1. The Kier molecular flexibility index (Phi) is 9.50. The number of unbranched alkanes of at least 4 members (excludes halogenated alkanes) is 1. The number of amides is 1. The van der Waals surface area contributed by atoms with E-state index in [2.05, 4.69) is 51.4 Å². The molecule has 1 aromatic heterocycles.